The van der Waals surface area contributed by atoms with Crippen molar-refractivity contribution in [3.05, 3.63) is 24.3 Å². The smallest absolute Gasteiger partial charge is 0.391 e. The Morgan fingerprint density at radius 1 is 0.667 bits per heavy atom. The molecule has 0 radical (unpaired) electrons. The fourth-order valence-electron chi connectivity index (χ4n) is 6.02. The number of aliphatic hydroxyl groups excluding tert-OH is 1. The molecule has 0 fully saturated rings. The number of phosphoric acid groups is 1. The topological polar surface area (TPSA) is 105 Å². The number of aliphatic hydroxyl groups is 1. The molecule has 51 heavy (non-hydrogen) atoms. The van der Waals surface area contributed by atoms with E-state index < -0.39 is 20.0 Å². The van der Waals surface area contributed by atoms with E-state index in [2.05, 4.69) is 43.5 Å². The summed E-state index contributed by atoms with van der Waals surface area (Å²) in [4.78, 5) is 23.0. The third-order valence-electron chi connectivity index (χ3n) is 9.45. The lowest BCUT2D eigenvalue weighted by molar-refractivity contribution is -0.870. The Kier molecular flexibility index (Phi) is 34.0. The number of allylic oxidation sites excluding steroid dienone is 4. The van der Waals surface area contributed by atoms with Crippen LogP contribution in [-0.4, -0.2) is 73.4 Å². The molecule has 3 atom stereocenters. The summed E-state index contributed by atoms with van der Waals surface area (Å²) in [6.45, 7) is 4.83. The Morgan fingerprint density at radius 2 is 1.12 bits per heavy atom. The van der Waals surface area contributed by atoms with Crippen molar-refractivity contribution in [2.75, 3.05) is 40.9 Å². The van der Waals surface area contributed by atoms with Gasteiger partial charge in [0.1, 0.15) is 13.2 Å². The summed E-state index contributed by atoms with van der Waals surface area (Å²) in [6.07, 6.45) is 39.3. The van der Waals surface area contributed by atoms with Crippen LogP contribution in [0.1, 0.15) is 187 Å². The van der Waals surface area contributed by atoms with Crippen molar-refractivity contribution in [1.82, 2.24) is 5.32 Å². The van der Waals surface area contributed by atoms with Gasteiger partial charge in [-0.3, -0.25) is 13.8 Å². The van der Waals surface area contributed by atoms with Crippen molar-refractivity contribution in [3.63, 3.8) is 0 Å². The number of nitrogens with one attached hydrogen (secondary N) is 1. The number of amides is 1. The second-order valence-electron chi connectivity index (χ2n) is 15.7. The second-order valence-corrected chi connectivity index (χ2v) is 17.2. The fraction of sp³-hybridized carbons (Fsp3) is 0.881. The molecule has 0 saturated carbocycles. The summed E-state index contributed by atoms with van der Waals surface area (Å²) in [5.74, 6) is -0.153. The van der Waals surface area contributed by atoms with E-state index in [0.717, 1.165) is 44.9 Å². The van der Waals surface area contributed by atoms with Crippen LogP contribution >= 0.6 is 7.82 Å². The molecule has 3 unspecified atom stereocenters. The van der Waals surface area contributed by atoms with Gasteiger partial charge in [-0.05, 0) is 44.9 Å². The highest BCUT2D eigenvalue weighted by Crippen LogP contribution is 2.43. The molecule has 9 heteroatoms. The Balaban J connectivity index is 4.23. The van der Waals surface area contributed by atoms with E-state index in [-0.39, 0.29) is 19.1 Å². The number of likely N-dealkylation sites (N-methyl/N-ethyl adjacent to an activating group) is 1. The molecule has 0 aliphatic carbocycles. The first-order valence-electron chi connectivity index (χ1n) is 21.2. The van der Waals surface area contributed by atoms with Gasteiger partial charge in [0, 0.05) is 6.42 Å². The van der Waals surface area contributed by atoms with Gasteiger partial charge in [-0.1, -0.05) is 160 Å². The van der Waals surface area contributed by atoms with Gasteiger partial charge in [0.15, 0.2) is 0 Å². The number of carbonyl (C=O) groups is 1. The summed E-state index contributed by atoms with van der Waals surface area (Å²) >= 11 is 0. The summed E-state index contributed by atoms with van der Waals surface area (Å²) < 4.78 is 23.5. The molecule has 0 aliphatic heterocycles. The third-order valence-corrected chi connectivity index (χ3v) is 10.4. The Labute approximate surface area is 315 Å². The Hall–Kier alpha value is -1.02. The predicted molar refractivity (Wildman–Crippen MR) is 217 cm³/mol. The van der Waals surface area contributed by atoms with Crippen LogP contribution in [0.25, 0.3) is 0 Å². The van der Waals surface area contributed by atoms with Gasteiger partial charge in [0.25, 0.3) is 0 Å². The maximum absolute atomic E-state index is 12.8. The summed E-state index contributed by atoms with van der Waals surface area (Å²) in [5.41, 5.74) is 0. The monoisotopic (exact) mass is 744 g/mol. The van der Waals surface area contributed by atoms with Crippen LogP contribution in [0.15, 0.2) is 24.3 Å². The zero-order valence-corrected chi connectivity index (χ0v) is 35.0. The van der Waals surface area contributed by atoms with Gasteiger partial charge in [0.2, 0.25) is 5.91 Å². The number of phosphoric ester groups is 1. The number of unbranched alkanes of at least 4 members (excludes halogenated alkanes) is 21. The standard InChI is InChI=1S/C42H83N2O6P/c1-6-8-10-12-14-16-17-18-19-20-21-22-23-24-25-26-27-28-30-32-34-36-42(46)43-40(39-50-51(47,48)49-38-37-44(3,4)5)41(45)35-33-31-29-15-13-11-9-7-2/h17-18,20-21,40-41,45H,6-16,19,22-39H2,1-5H3,(H-,43,46,47,48)/p+1/b18-17-,21-20-. The zero-order chi connectivity index (χ0) is 37.9. The first-order valence-corrected chi connectivity index (χ1v) is 22.7. The molecular formula is C42H84N2O6P+. The molecule has 0 saturated heterocycles. The van der Waals surface area contributed by atoms with Gasteiger partial charge < -0.3 is 19.8 Å². The molecule has 0 aliphatic rings. The Bertz CT molecular complexity index is 891. The van der Waals surface area contributed by atoms with Gasteiger partial charge >= 0.3 is 7.82 Å². The fourth-order valence-corrected chi connectivity index (χ4v) is 6.75. The minimum absolute atomic E-state index is 0.0738. The maximum Gasteiger partial charge on any atom is 0.472 e. The van der Waals surface area contributed by atoms with E-state index >= 15 is 0 Å². The quantitative estimate of drug-likeness (QED) is 0.0252. The average Bonchev–Trinajstić information content (AvgIpc) is 3.07. The van der Waals surface area contributed by atoms with Gasteiger partial charge in [-0.15, -0.1) is 0 Å². The number of rotatable bonds is 38. The van der Waals surface area contributed by atoms with Gasteiger partial charge in [0.05, 0.1) is 39.9 Å². The number of hydrogen-bond donors (Lipinski definition) is 3. The van der Waals surface area contributed by atoms with E-state index in [0.29, 0.717) is 23.9 Å². The lowest BCUT2D eigenvalue weighted by atomic mass is 10.0. The largest absolute Gasteiger partial charge is 0.472 e. The van der Waals surface area contributed by atoms with Crippen molar-refractivity contribution in [3.8, 4) is 0 Å². The minimum Gasteiger partial charge on any atom is -0.391 e. The van der Waals surface area contributed by atoms with Crippen molar-refractivity contribution in [1.29, 1.82) is 0 Å². The van der Waals surface area contributed by atoms with Gasteiger partial charge in [-0.2, -0.15) is 0 Å². The molecule has 302 valence electrons. The molecule has 0 aromatic rings. The third kappa shape index (κ3) is 37.1. The number of nitrogens with zero attached hydrogens (tertiary/aromatic N) is 1. The van der Waals surface area contributed by atoms with Crippen LogP contribution in [0, 0.1) is 0 Å². The predicted octanol–water partition coefficient (Wildman–Crippen LogP) is 11.4. The highest BCUT2D eigenvalue weighted by Gasteiger charge is 2.28. The molecule has 8 nitrogen and oxygen atoms in total. The van der Waals surface area contributed by atoms with Crippen molar-refractivity contribution < 1.29 is 32.9 Å². The molecule has 0 aromatic carbocycles. The van der Waals surface area contributed by atoms with Crippen LogP contribution in [0.2, 0.25) is 0 Å². The lowest BCUT2D eigenvalue weighted by Gasteiger charge is -2.26. The SMILES string of the molecule is CCCCCCC/C=C\C/C=C\CCCCCCCCCCCC(=O)NC(COP(=O)(O)OCC[N+](C)(C)C)C(O)CCCCCCCCCC. The molecule has 0 aromatic heterocycles. The highest BCUT2D eigenvalue weighted by atomic mass is 31.2. The highest BCUT2D eigenvalue weighted by molar-refractivity contribution is 7.47. The van der Waals surface area contributed by atoms with Gasteiger partial charge in [-0.25, -0.2) is 4.57 Å². The van der Waals surface area contributed by atoms with Crippen LogP contribution in [0.4, 0.5) is 0 Å². The minimum atomic E-state index is -4.30. The van der Waals surface area contributed by atoms with Crippen molar-refractivity contribution in [2.45, 2.75) is 199 Å². The second kappa shape index (κ2) is 34.7. The summed E-state index contributed by atoms with van der Waals surface area (Å²) in [6, 6.07) is -0.758. The molecule has 0 spiro atoms. The molecule has 0 heterocycles. The van der Waals surface area contributed by atoms with E-state index in [9.17, 15) is 19.4 Å². The van der Waals surface area contributed by atoms with Crippen LogP contribution in [0.5, 0.6) is 0 Å². The zero-order valence-electron chi connectivity index (χ0n) is 34.1. The maximum atomic E-state index is 12.8. The lowest BCUT2D eigenvalue weighted by Crippen LogP contribution is -2.46. The molecule has 3 N–H and O–H groups in total. The average molecular weight is 744 g/mol. The normalized spacial score (nSPS) is 14.7. The molecule has 1 amide bonds. The Morgan fingerprint density at radius 3 is 1.61 bits per heavy atom. The van der Waals surface area contributed by atoms with E-state index in [1.807, 2.05) is 21.1 Å². The number of hydrogen-bond acceptors (Lipinski definition) is 5. The van der Waals surface area contributed by atoms with E-state index in [1.165, 1.54) is 116 Å². The molecule has 0 rings (SSSR count). The van der Waals surface area contributed by atoms with Crippen molar-refractivity contribution >= 4 is 13.7 Å². The van der Waals surface area contributed by atoms with Crippen molar-refractivity contribution in [2.24, 2.45) is 0 Å². The summed E-state index contributed by atoms with van der Waals surface area (Å²) in [7, 11) is 1.61. The summed E-state index contributed by atoms with van der Waals surface area (Å²) in [5, 5.41) is 13.8. The van der Waals surface area contributed by atoms with Crippen LogP contribution in [-0.2, 0) is 18.4 Å². The molecule has 0 bridgehead atoms. The number of quaternary nitrogens is 1. The van der Waals surface area contributed by atoms with Crippen LogP contribution < -0.4 is 5.32 Å². The first-order chi connectivity index (χ1) is 24.5. The van der Waals surface area contributed by atoms with E-state index in [1.54, 1.807) is 0 Å². The number of carbonyl (C=O) groups excluding carboxylic acids is 1. The van der Waals surface area contributed by atoms with E-state index in [4.69, 9.17) is 9.05 Å². The van der Waals surface area contributed by atoms with Crippen LogP contribution in [0.3, 0.4) is 0 Å². The molecular weight excluding hydrogens is 659 g/mol. The first kappa shape index (κ1) is 50.0.